The van der Waals surface area contributed by atoms with Crippen molar-refractivity contribution < 1.29 is 8.83 Å². The second kappa shape index (κ2) is 5.64. The fraction of sp³-hybridized carbons (Fsp3) is 0.267. The van der Waals surface area contributed by atoms with E-state index in [1.165, 1.54) is 0 Å². The molecule has 104 valence electrons. The molecule has 0 bridgehead atoms. The normalized spacial score (nSPS) is 12.7. The Morgan fingerprint density at radius 3 is 2.95 bits per heavy atom. The summed E-state index contributed by atoms with van der Waals surface area (Å²) in [6.45, 7) is 4.75. The summed E-state index contributed by atoms with van der Waals surface area (Å²) in [6, 6.07) is 6.07. The third-order valence-electron chi connectivity index (χ3n) is 3.10. The van der Waals surface area contributed by atoms with Crippen molar-refractivity contribution in [2.24, 2.45) is 0 Å². The molecule has 0 aliphatic heterocycles. The van der Waals surface area contributed by atoms with Crippen LogP contribution in [0.1, 0.15) is 30.2 Å². The summed E-state index contributed by atoms with van der Waals surface area (Å²) in [5, 5.41) is 6.46. The van der Waals surface area contributed by atoms with Gasteiger partial charge < -0.3 is 14.2 Å². The van der Waals surface area contributed by atoms with E-state index in [1.807, 2.05) is 25.1 Å². The Hall–Kier alpha value is -1.85. The molecule has 0 amide bonds. The molecule has 4 nitrogen and oxygen atoms in total. The van der Waals surface area contributed by atoms with Crippen LogP contribution in [0, 0.1) is 6.92 Å². The maximum atomic E-state index is 5.61. The Bertz CT molecular complexity index is 670. The number of aryl methyl sites for hydroxylation is 1. The minimum atomic E-state index is 0.169. The summed E-state index contributed by atoms with van der Waals surface area (Å²) >= 11 is 1.62. The van der Waals surface area contributed by atoms with Crippen molar-refractivity contribution in [2.75, 3.05) is 0 Å². The molecule has 20 heavy (non-hydrogen) atoms. The zero-order chi connectivity index (χ0) is 13.9. The Labute approximate surface area is 121 Å². The molecule has 1 N–H and O–H groups in total. The van der Waals surface area contributed by atoms with E-state index in [1.54, 1.807) is 23.9 Å². The van der Waals surface area contributed by atoms with Crippen LogP contribution in [0.15, 0.2) is 44.9 Å². The average Bonchev–Trinajstić information content (AvgIpc) is 3.16. The van der Waals surface area contributed by atoms with Crippen molar-refractivity contribution in [3.63, 3.8) is 0 Å². The van der Waals surface area contributed by atoms with Crippen LogP contribution in [-0.4, -0.2) is 4.98 Å². The van der Waals surface area contributed by atoms with E-state index < -0.39 is 0 Å². The van der Waals surface area contributed by atoms with Gasteiger partial charge in [-0.05, 0) is 32.0 Å². The molecule has 3 aromatic heterocycles. The largest absolute Gasteiger partial charge is 0.472 e. The highest BCUT2D eigenvalue weighted by atomic mass is 32.1. The molecule has 0 saturated heterocycles. The van der Waals surface area contributed by atoms with Crippen LogP contribution in [0.2, 0.25) is 0 Å². The van der Waals surface area contributed by atoms with Gasteiger partial charge in [0, 0.05) is 17.5 Å². The molecule has 0 radical (unpaired) electrons. The third-order valence-corrected chi connectivity index (χ3v) is 4.04. The molecule has 1 unspecified atom stereocenters. The van der Waals surface area contributed by atoms with Crippen molar-refractivity contribution in [2.45, 2.75) is 26.4 Å². The van der Waals surface area contributed by atoms with E-state index in [4.69, 9.17) is 8.83 Å². The smallest absolute Gasteiger partial charge is 0.126 e. The second-order valence-corrected chi connectivity index (χ2v) is 5.57. The van der Waals surface area contributed by atoms with Gasteiger partial charge in [0.1, 0.15) is 22.8 Å². The quantitative estimate of drug-likeness (QED) is 0.766. The van der Waals surface area contributed by atoms with Gasteiger partial charge in [-0.25, -0.2) is 4.98 Å². The number of furan rings is 2. The van der Waals surface area contributed by atoms with Gasteiger partial charge in [0.25, 0.3) is 0 Å². The lowest BCUT2D eigenvalue weighted by Gasteiger charge is -2.09. The molecule has 3 rings (SSSR count). The van der Waals surface area contributed by atoms with Gasteiger partial charge in [-0.3, -0.25) is 0 Å². The summed E-state index contributed by atoms with van der Waals surface area (Å²) in [7, 11) is 0. The molecule has 0 spiro atoms. The van der Waals surface area contributed by atoms with E-state index in [0.29, 0.717) is 0 Å². The number of hydrogen-bond acceptors (Lipinski definition) is 5. The molecule has 0 aliphatic carbocycles. The summed E-state index contributed by atoms with van der Waals surface area (Å²) in [6.07, 6.45) is 3.38. The average molecular weight is 288 g/mol. The van der Waals surface area contributed by atoms with Crippen molar-refractivity contribution >= 4 is 11.3 Å². The van der Waals surface area contributed by atoms with E-state index in [2.05, 4.69) is 22.6 Å². The van der Waals surface area contributed by atoms with Crippen molar-refractivity contribution in [1.29, 1.82) is 0 Å². The maximum absolute atomic E-state index is 5.61. The highest BCUT2D eigenvalue weighted by Gasteiger charge is 2.10. The first kappa shape index (κ1) is 13.1. The minimum absolute atomic E-state index is 0.169. The van der Waals surface area contributed by atoms with Gasteiger partial charge in [-0.2, -0.15) is 0 Å². The highest BCUT2D eigenvalue weighted by Crippen LogP contribution is 2.24. The number of thiazole rings is 1. The van der Waals surface area contributed by atoms with Crippen molar-refractivity contribution in [3.8, 4) is 10.6 Å². The first-order valence-corrected chi connectivity index (χ1v) is 7.37. The van der Waals surface area contributed by atoms with E-state index in [-0.39, 0.29) is 6.04 Å². The third kappa shape index (κ3) is 2.84. The molecular formula is C15H16N2O2S. The minimum Gasteiger partial charge on any atom is -0.472 e. The molecule has 0 aromatic carbocycles. The Morgan fingerprint density at radius 2 is 2.25 bits per heavy atom. The monoisotopic (exact) mass is 288 g/mol. The standard InChI is InChI=1S/C15H16N2O2S/c1-10-3-4-14(19-10)11(2)16-7-13-9-20-15(17-13)12-5-6-18-8-12/h3-6,8-9,11,16H,7H2,1-2H3. The van der Waals surface area contributed by atoms with Crippen molar-refractivity contribution in [3.05, 3.63) is 53.3 Å². The topological polar surface area (TPSA) is 51.2 Å². The van der Waals surface area contributed by atoms with Gasteiger partial charge in [0.15, 0.2) is 0 Å². The number of aromatic nitrogens is 1. The lowest BCUT2D eigenvalue weighted by Crippen LogP contribution is -2.17. The molecule has 0 saturated carbocycles. The lowest BCUT2D eigenvalue weighted by molar-refractivity contribution is 0.415. The van der Waals surface area contributed by atoms with Crippen LogP contribution >= 0.6 is 11.3 Å². The number of nitrogens with zero attached hydrogens (tertiary/aromatic N) is 1. The number of hydrogen-bond donors (Lipinski definition) is 1. The zero-order valence-corrected chi connectivity index (χ0v) is 12.2. The van der Waals surface area contributed by atoms with E-state index >= 15 is 0 Å². The molecular weight excluding hydrogens is 272 g/mol. The van der Waals surface area contributed by atoms with E-state index in [9.17, 15) is 0 Å². The van der Waals surface area contributed by atoms with Crippen LogP contribution < -0.4 is 5.32 Å². The first-order valence-electron chi connectivity index (χ1n) is 6.49. The predicted molar refractivity (Wildman–Crippen MR) is 78.5 cm³/mol. The fourth-order valence-corrected chi connectivity index (χ4v) is 2.76. The Balaban J connectivity index is 1.61. The van der Waals surface area contributed by atoms with Crippen LogP contribution in [0.5, 0.6) is 0 Å². The molecule has 3 heterocycles. The molecule has 1 atom stereocenters. The summed E-state index contributed by atoms with van der Waals surface area (Å²) in [5.41, 5.74) is 2.05. The molecule has 0 aliphatic rings. The fourth-order valence-electron chi connectivity index (χ4n) is 1.95. The van der Waals surface area contributed by atoms with Gasteiger partial charge in [-0.15, -0.1) is 11.3 Å². The molecule has 0 fully saturated rings. The highest BCUT2D eigenvalue weighted by molar-refractivity contribution is 7.13. The van der Waals surface area contributed by atoms with Gasteiger partial charge in [-0.1, -0.05) is 0 Å². The van der Waals surface area contributed by atoms with Crippen LogP contribution in [-0.2, 0) is 6.54 Å². The van der Waals surface area contributed by atoms with Crippen LogP contribution in [0.3, 0.4) is 0 Å². The van der Waals surface area contributed by atoms with Crippen LogP contribution in [0.4, 0.5) is 0 Å². The summed E-state index contributed by atoms with van der Waals surface area (Å²) in [5.74, 6) is 1.89. The van der Waals surface area contributed by atoms with Crippen LogP contribution in [0.25, 0.3) is 10.6 Å². The SMILES string of the molecule is Cc1ccc(C(C)NCc2csc(-c3ccoc3)n2)o1. The maximum Gasteiger partial charge on any atom is 0.126 e. The summed E-state index contributed by atoms with van der Waals surface area (Å²) in [4.78, 5) is 4.59. The first-order chi connectivity index (χ1) is 9.72. The number of rotatable bonds is 5. The van der Waals surface area contributed by atoms with Gasteiger partial charge in [0.05, 0.1) is 18.0 Å². The second-order valence-electron chi connectivity index (χ2n) is 4.71. The van der Waals surface area contributed by atoms with Crippen molar-refractivity contribution in [1.82, 2.24) is 10.3 Å². The van der Waals surface area contributed by atoms with Gasteiger partial charge in [0.2, 0.25) is 0 Å². The Morgan fingerprint density at radius 1 is 1.35 bits per heavy atom. The van der Waals surface area contributed by atoms with Gasteiger partial charge >= 0.3 is 0 Å². The van der Waals surface area contributed by atoms with E-state index in [0.717, 1.165) is 34.3 Å². The Kier molecular flexibility index (Phi) is 3.71. The number of nitrogens with one attached hydrogen (secondary N) is 1. The summed E-state index contributed by atoms with van der Waals surface area (Å²) < 4.78 is 10.7. The zero-order valence-electron chi connectivity index (χ0n) is 11.4. The predicted octanol–water partition coefficient (Wildman–Crippen LogP) is 4.16. The molecule has 5 heteroatoms. The molecule has 3 aromatic rings. The lowest BCUT2D eigenvalue weighted by atomic mass is 10.2.